The number of amides is 1. The molecule has 0 aliphatic carbocycles. The summed E-state index contributed by atoms with van der Waals surface area (Å²) in [5.41, 5.74) is 3.13. The van der Waals surface area contributed by atoms with E-state index in [1.165, 1.54) is 37.5 Å². The highest BCUT2D eigenvalue weighted by Gasteiger charge is 2.44. The van der Waals surface area contributed by atoms with Crippen molar-refractivity contribution in [3.8, 4) is 0 Å². The maximum atomic E-state index is 14.6. The van der Waals surface area contributed by atoms with Gasteiger partial charge in [0.25, 0.3) is 5.91 Å². The summed E-state index contributed by atoms with van der Waals surface area (Å²) in [4.78, 5) is 22.9. The third kappa shape index (κ3) is 5.87. The number of aryl methyl sites for hydroxylation is 1. The van der Waals surface area contributed by atoms with Crippen LogP contribution in [0, 0.1) is 12.7 Å². The van der Waals surface area contributed by atoms with E-state index in [-0.39, 0.29) is 32.6 Å². The number of likely N-dealkylation sites (tertiary alicyclic amines) is 1. The molecule has 3 aliphatic rings. The van der Waals surface area contributed by atoms with Crippen molar-refractivity contribution in [1.82, 2.24) is 24.1 Å². The van der Waals surface area contributed by atoms with E-state index < -0.39 is 10.0 Å². The zero-order valence-corrected chi connectivity index (χ0v) is 28.4. The number of hydrogen-bond donors (Lipinski definition) is 1. The first-order valence-corrected chi connectivity index (χ1v) is 18.4. The number of imidazole rings is 1. The van der Waals surface area contributed by atoms with E-state index in [9.17, 15) is 17.6 Å². The van der Waals surface area contributed by atoms with Gasteiger partial charge in [0.05, 0.1) is 21.6 Å². The number of nitrogens with zero attached hydrogens (tertiary/aromatic N) is 4. The molecule has 0 radical (unpaired) electrons. The van der Waals surface area contributed by atoms with Gasteiger partial charge in [0.2, 0.25) is 10.0 Å². The SMILES string of the molecule is CNS(=O)(=O)c1cccc(C(=O)N2CCC(CCN3[C@@H]4CC[C@H]3CC(n3c(C)nc5ccccc53)C4)(c3cccc(F)c3)CC2)c1Cl. The van der Waals surface area contributed by atoms with Gasteiger partial charge < -0.3 is 9.47 Å². The van der Waals surface area contributed by atoms with Crippen LogP contribution in [-0.4, -0.2) is 72.4 Å². The predicted octanol–water partition coefficient (Wildman–Crippen LogP) is 6.48. The number of halogens is 2. The van der Waals surface area contributed by atoms with Crippen molar-refractivity contribution in [3.63, 3.8) is 0 Å². The minimum absolute atomic E-state index is 0.0772. The lowest BCUT2D eigenvalue weighted by molar-refractivity contribution is 0.0606. The van der Waals surface area contributed by atoms with Crippen LogP contribution in [0.4, 0.5) is 4.39 Å². The Morgan fingerprint density at radius 2 is 1.70 bits per heavy atom. The summed E-state index contributed by atoms with van der Waals surface area (Å²) >= 11 is 6.49. The first-order valence-electron chi connectivity index (χ1n) is 16.6. The van der Waals surface area contributed by atoms with E-state index in [1.54, 1.807) is 29.2 Å². The molecule has 1 amide bonds. The topological polar surface area (TPSA) is 87.5 Å². The molecule has 3 fully saturated rings. The van der Waals surface area contributed by atoms with Crippen LogP contribution in [0.25, 0.3) is 11.0 Å². The van der Waals surface area contributed by atoms with Gasteiger partial charge in [0.15, 0.2) is 0 Å². The number of sulfonamides is 1. The van der Waals surface area contributed by atoms with Gasteiger partial charge in [-0.3, -0.25) is 9.69 Å². The minimum atomic E-state index is -3.82. The second kappa shape index (κ2) is 12.6. The zero-order valence-electron chi connectivity index (χ0n) is 26.8. The molecular weight excluding hydrogens is 637 g/mol. The van der Waals surface area contributed by atoms with Gasteiger partial charge in [-0.1, -0.05) is 41.9 Å². The van der Waals surface area contributed by atoms with Gasteiger partial charge in [0.1, 0.15) is 16.5 Å². The number of aromatic nitrogens is 2. The van der Waals surface area contributed by atoms with Crippen molar-refractivity contribution < 1.29 is 17.6 Å². The summed E-state index contributed by atoms with van der Waals surface area (Å²) in [6.45, 7) is 3.97. The number of benzene rings is 3. The average molecular weight is 678 g/mol. The molecule has 1 unspecified atom stereocenters. The Morgan fingerprint density at radius 3 is 2.40 bits per heavy atom. The number of hydrogen-bond acceptors (Lipinski definition) is 5. The Labute approximate surface area is 281 Å². The van der Waals surface area contributed by atoms with E-state index in [1.807, 2.05) is 12.1 Å². The van der Waals surface area contributed by atoms with Crippen molar-refractivity contribution in [2.45, 2.75) is 80.3 Å². The maximum absolute atomic E-state index is 14.6. The molecule has 11 heteroatoms. The Bertz CT molecular complexity index is 1910. The smallest absolute Gasteiger partial charge is 0.255 e. The van der Waals surface area contributed by atoms with Crippen LogP contribution in [0.15, 0.2) is 71.6 Å². The quantitative estimate of drug-likeness (QED) is 0.231. The first kappa shape index (κ1) is 32.2. The van der Waals surface area contributed by atoms with E-state index in [0.717, 1.165) is 42.7 Å². The zero-order chi connectivity index (χ0) is 32.9. The number of carbonyl (C=O) groups is 1. The number of para-hydroxylation sites is 2. The fourth-order valence-electron chi connectivity index (χ4n) is 8.59. The van der Waals surface area contributed by atoms with E-state index in [2.05, 4.69) is 39.3 Å². The molecule has 47 heavy (non-hydrogen) atoms. The Kier molecular flexibility index (Phi) is 8.66. The highest BCUT2D eigenvalue weighted by Crippen LogP contribution is 2.45. The molecule has 2 bridgehead atoms. The third-order valence-corrected chi connectivity index (χ3v) is 13.0. The van der Waals surface area contributed by atoms with E-state index >= 15 is 0 Å². The number of rotatable bonds is 8. The van der Waals surface area contributed by atoms with Crippen LogP contribution in [0.2, 0.25) is 5.02 Å². The number of nitrogens with one attached hydrogen (secondary N) is 1. The van der Waals surface area contributed by atoms with Gasteiger partial charge in [-0.05, 0) is 113 Å². The predicted molar refractivity (Wildman–Crippen MR) is 182 cm³/mol. The lowest BCUT2D eigenvalue weighted by Crippen LogP contribution is -2.49. The standard InChI is InChI=1S/C36H41ClFN5O3S/c1-24-40-31-10-3-4-11-32(31)43(24)29-22-27-13-14-28(23-29)42(27)20-17-36(25-7-5-8-26(38)21-25)15-18-41(19-16-36)35(44)30-9-6-12-33(34(30)37)47(45,46)39-2/h3-12,21,27-29,39H,13-20,22-23H2,1-2H3/t27-,28+,29?. The van der Waals surface area contributed by atoms with Crippen molar-refractivity contribution in [1.29, 1.82) is 0 Å². The van der Waals surface area contributed by atoms with Gasteiger partial charge in [-0.15, -0.1) is 0 Å². The van der Waals surface area contributed by atoms with Crippen molar-refractivity contribution in [3.05, 3.63) is 94.5 Å². The Morgan fingerprint density at radius 1 is 1.00 bits per heavy atom. The molecule has 7 rings (SSSR count). The number of carbonyl (C=O) groups excluding carboxylic acids is 1. The molecule has 248 valence electrons. The first-order chi connectivity index (χ1) is 22.6. The molecule has 3 saturated heterocycles. The summed E-state index contributed by atoms with van der Waals surface area (Å²) in [5.74, 6) is 0.532. The molecule has 0 saturated carbocycles. The summed E-state index contributed by atoms with van der Waals surface area (Å²) < 4.78 is 44.3. The number of piperidine rings is 2. The monoisotopic (exact) mass is 677 g/mol. The summed E-state index contributed by atoms with van der Waals surface area (Å²) in [6.07, 6.45) is 6.79. The van der Waals surface area contributed by atoms with Gasteiger partial charge in [-0.2, -0.15) is 0 Å². The van der Waals surface area contributed by atoms with Crippen LogP contribution >= 0.6 is 11.6 Å². The maximum Gasteiger partial charge on any atom is 0.255 e. The molecule has 3 atom stereocenters. The molecule has 0 spiro atoms. The molecule has 3 aromatic carbocycles. The highest BCUT2D eigenvalue weighted by molar-refractivity contribution is 7.89. The summed E-state index contributed by atoms with van der Waals surface area (Å²) in [5, 5.41) is -0.0772. The number of fused-ring (bicyclic) bond motifs is 3. The van der Waals surface area contributed by atoms with Gasteiger partial charge >= 0.3 is 0 Å². The Hall–Kier alpha value is -3.31. The Balaban J connectivity index is 1.08. The van der Waals surface area contributed by atoms with Crippen LogP contribution in [-0.2, 0) is 15.4 Å². The molecule has 4 aromatic rings. The molecule has 1 N–H and O–H groups in total. The molecule has 3 aliphatic heterocycles. The van der Waals surface area contributed by atoms with Crippen LogP contribution in [0.5, 0.6) is 0 Å². The highest BCUT2D eigenvalue weighted by atomic mass is 35.5. The summed E-state index contributed by atoms with van der Waals surface area (Å²) in [6, 6.07) is 21.3. The van der Waals surface area contributed by atoms with Crippen molar-refractivity contribution in [2.24, 2.45) is 0 Å². The van der Waals surface area contributed by atoms with Crippen LogP contribution < -0.4 is 4.72 Å². The lowest BCUT2D eigenvalue weighted by Gasteiger charge is -2.45. The second-order valence-corrected chi connectivity index (χ2v) is 15.7. The van der Waals surface area contributed by atoms with Crippen molar-refractivity contribution in [2.75, 3.05) is 26.7 Å². The third-order valence-electron chi connectivity index (χ3n) is 11.0. The lowest BCUT2D eigenvalue weighted by atomic mass is 9.70. The second-order valence-electron chi connectivity index (χ2n) is 13.4. The van der Waals surface area contributed by atoms with Crippen molar-refractivity contribution >= 4 is 38.6 Å². The minimum Gasteiger partial charge on any atom is -0.339 e. The fourth-order valence-corrected chi connectivity index (χ4v) is 9.93. The van der Waals surface area contributed by atoms with Crippen LogP contribution in [0.3, 0.4) is 0 Å². The van der Waals surface area contributed by atoms with E-state index in [0.29, 0.717) is 44.1 Å². The largest absolute Gasteiger partial charge is 0.339 e. The normalized spacial score (nSPS) is 23.0. The van der Waals surface area contributed by atoms with Gasteiger partial charge in [-0.25, -0.2) is 22.5 Å². The molecule has 8 nitrogen and oxygen atoms in total. The molecule has 4 heterocycles. The molecular formula is C36H41ClFN5O3S. The molecule has 1 aromatic heterocycles. The van der Waals surface area contributed by atoms with Gasteiger partial charge in [0, 0.05) is 31.2 Å². The van der Waals surface area contributed by atoms with Crippen LogP contribution in [0.1, 0.15) is 72.7 Å². The average Bonchev–Trinajstić information content (AvgIpc) is 3.53. The van der Waals surface area contributed by atoms with E-state index in [4.69, 9.17) is 16.6 Å². The summed E-state index contributed by atoms with van der Waals surface area (Å²) in [7, 11) is -2.51. The fraction of sp³-hybridized carbons (Fsp3) is 0.444.